The molecule has 0 fully saturated rings. The Morgan fingerprint density at radius 1 is 0.821 bits per heavy atom. The predicted octanol–water partition coefficient (Wildman–Crippen LogP) is 8.00. The molecule has 0 aliphatic carbocycles. The Balaban J connectivity index is 2.11. The van der Waals surface area contributed by atoms with E-state index in [4.69, 9.17) is 0 Å². The zero-order valence-electron chi connectivity index (χ0n) is 15.7. The van der Waals surface area contributed by atoms with Crippen molar-refractivity contribution in [2.45, 2.75) is 32.9 Å². The van der Waals surface area contributed by atoms with E-state index in [0.717, 1.165) is 39.7 Å². The summed E-state index contributed by atoms with van der Waals surface area (Å²) in [5.41, 5.74) is 4.09. The van der Waals surface area contributed by atoms with E-state index in [1.54, 1.807) is 18.2 Å². The number of alkyl halides is 3. The largest absolute Gasteiger partial charge is 0.416 e. The lowest BCUT2D eigenvalue weighted by Gasteiger charge is -2.18. The third-order valence-electron chi connectivity index (χ3n) is 4.71. The van der Waals surface area contributed by atoms with Gasteiger partial charge in [-0.1, -0.05) is 60.1 Å². The number of nitrogens with one attached hydrogen (secondary N) is 1. The van der Waals surface area contributed by atoms with Crippen molar-refractivity contribution in [2.24, 2.45) is 0 Å². The number of para-hydroxylation sites is 1. The van der Waals surface area contributed by atoms with Crippen molar-refractivity contribution in [1.82, 2.24) is 0 Å². The molecule has 0 aliphatic rings. The Hall–Kier alpha value is -2.27. The Morgan fingerprint density at radius 3 is 1.96 bits per heavy atom. The minimum absolute atomic E-state index is 0.434. The molecule has 0 aliphatic heterocycles. The van der Waals surface area contributed by atoms with E-state index in [2.05, 4.69) is 21.2 Å². The molecule has 28 heavy (non-hydrogen) atoms. The van der Waals surface area contributed by atoms with Gasteiger partial charge in [0.2, 0.25) is 0 Å². The third kappa shape index (κ3) is 4.58. The molecular weight excluding hydrogens is 427 g/mol. The second-order valence-electron chi connectivity index (χ2n) is 6.59. The molecule has 3 aromatic rings. The van der Waals surface area contributed by atoms with Gasteiger partial charge in [-0.15, -0.1) is 0 Å². The van der Waals surface area contributed by atoms with Crippen LogP contribution in [0.3, 0.4) is 0 Å². The molecule has 3 rings (SSSR count). The molecule has 0 unspecified atom stereocenters. The van der Waals surface area contributed by atoms with Crippen molar-refractivity contribution in [3.05, 3.63) is 81.8 Å². The van der Waals surface area contributed by atoms with E-state index in [1.165, 1.54) is 12.1 Å². The number of anilines is 2. The van der Waals surface area contributed by atoms with E-state index < -0.39 is 11.7 Å². The molecule has 0 saturated carbocycles. The number of benzene rings is 3. The van der Waals surface area contributed by atoms with E-state index >= 15 is 0 Å². The first-order valence-electron chi connectivity index (χ1n) is 9.17. The molecule has 0 saturated heterocycles. The first-order valence-corrected chi connectivity index (χ1v) is 9.97. The van der Waals surface area contributed by atoms with Crippen LogP contribution in [0.5, 0.6) is 0 Å². The van der Waals surface area contributed by atoms with Gasteiger partial charge in [0.1, 0.15) is 0 Å². The lowest BCUT2D eigenvalue weighted by atomic mass is 10.00. The third-order valence-corrected chi connectivity index (χ3v) is 5.23. The van der Waals surface area contributed by atoms with Crippen LogP contribution in [0.4, 0.5) is 24.5 Å². The minimum atomic E-state index is -4.42. The summed E-state index contributed by atoms with van der Waals surface area (Å²) in [5.74, 6) is 0. The maximum Gasteiger partial charge on any atom is 0.416 e. The quantitative estimate of drug-likeness (QED) is 0.417. The van der Waals surface area contributed by atoms with Crippen molar-refractivity contribution in [2.75, 3.05) is 5.32 Å². The monoisotopic (exact) mass is 447 g/mol. The van der Waals surface area contributed by atoms with Gasteiger partial charge in [0.05, 0.1) is 5.56 Å². The Kier molecular flexibility index (Phi) is 6.14. The number of hydrogen-bond acceptors (Lipinski definition) is 1. The van der Waals surface area contributed by atoms with Crippen LogP contribution >= 0.6 is 15.9 Å². The number of hydrogen-bond donors (Lipinski definition) is 1. The second kappa shape index (κ2) is 8.39. The van der Waals surface area contributed by atoms with Crippen molar-refractivity contribution in [1.29, 1.82) is 0 Å². The minimum Gasteiger partial charge on any atom is -0.355 e. The highest BCUT2D eigenvalue weighted by Crippen LogP contribution is 2.37. The van der Waals surface area contributed by atoms with Gasteiger partial charge in [-0.05, 0) is 65.4 Å². The summed E-state index contributed by atoms with van der Waals surface area (Å²) in [6, 6.07) is 17.4. The second-order valence-corrected chi connectivity index (χ2v) is 7.50. The summed E-state index contributed by atoms with van der Waals surface area (Å²) in [4.78, 5) is 0. The fourth-order valence-corrected chi connectivity index (χ4v) is 3.48. The van der Waals surface area contributed by atoms with Crippen LogP contribution in [0, 0.1) is 0 Å². The Morgan fingerprint density at radius 2 is 1.43 bits per heavy atom. The van der Waals surface area contributed by atoms with E-state index in [-0.39, 0.29) is 0 Å². The van der Waals surface area contributed by atoms with Gasteiger partial charge in [-0.25, -0.2) is 0 Å². The summed E-state index contributed by atoms with van der Waals surface area (Å²) in [5, 5.41) is 3.27. The smallest absolute Gasteiger partial charge is 0.355 e. The number of rotatable bonds is 5. The molecule has 3 aromatic carbocycles. The lowest BCUT2D eigenvalue weighted by molar-refractivity contribution is -0.137. The highest BCUT2D eigenvalue weighted by molar-refractivity contribution is 9.10. The molecule has 0 radical (unpaired) electrons. The van der Waals surface area contributed by atoms with Crippen molar-refractivity contribution in [3.8, 4) is 11.1 Å². The highest BCUT2D eigenvalue weighted by Gasteiger charge is 2.31. The van der Waals surface area contributed by atoms with Gasteiger partial charge in [0.15, 0.2) is 0 Å². The van der Waals surface area contributed by atoms with Gasteiger partial charge in [-0.3, -0.25) is 0 Å². The van der Waals surface area contributed by atoms with Crippen LogP contribution in [0.2, 0.25) is 0 Å². The molecule has 0 aromatic heterocycles. The Labute approximate surface area is 171 Å². The molecule has 0 heterocycles. The normalized spacial score (nSPS) is 11.5. The van der Waals surface area contributed by atoms with Crippen LogP contribution in [0.25, 0.3) is 11.1 Å². The van der Waals surface area contributed by atoms with Gasteiger partial charge in [0.25, 0.3) is 0 Å². The standard InChI is InChI=1S/C23H21BrF3N/c1-3-15-6-5-7-16(4-2)22(15)28-21-13-18(12-19(14-21)23(25,26)27)17-8-10-20(24)11-9-17/h5-14,28H,3-4H2,1-2H3. The van der Waals surface area contributed by atoms with Crippen molar-refractivity contribution < 1.29 is 13.2 Å². The first-order chi connectivity index (χ1) is 13.3. The molecule has 0 bridgehead atoms. The maximum absolute atomic E-state index is 13.5. The summed E-state index contributed by atoms with van der Waals surface area (Å²) in [6.07, 6.45) is -2.82. The molecule has 1 N–H and O–H groups in total. The summed E-state index contributed by atoms with van der Waals surface area (Å²) < 4.78 is 41.4. The summed E-state index contributed by atoms with van der Waals surface area (Å²) >= 11 is 3.36. The Bertz CT molecular complexity index is 940. The highest BCUT2D eigenvalue weighted by atomic mass is 79.9. The molecule has 146 valence electrons. The van der Waals surface area contributed by atoms with Crippen molar-refractivity contribution >= 4 is 27.3 Å². The zero-order valence-corrected chi connectivity index (χ0v) is 17.3. The van der Waals surface area contributed by atoms with Gasteiger partial charge in [0, 0.05) is 15.8 Å². The van der Waals surface area contributed by atoms with Crippen LogP contribution in [0.15, 0.2) is 65.1 Å². The first kappa shape index (κ1) is 20.5. The van der Waals surface area contributed by atoms with Crippen LogP contribution in [0.1, 0.15) is 30.5 Å². The predicted molar refractivity (Wildman–Crippen MR) is 113 cm³/mol. The number of aryl methyl sites for hydroxylation is 2. The van der Waals surface area contributed by atoms with Gasteiger partial charge in [-0.2, -0.15) is 13.2 Å². The fraction of sp³-hybridized carbons (Fsp3) is 0.217. The maximum atomic E-state index is 13.5. The van der Waals surface area contributed by atoms with Crippen LogP contribution in [-0.4, -0.2) is 0 Å². The van der Waals surface area contributed by atoms with E-state index in [9.17, 15) is 13.2 Å². The van der Waals surface area contributed by atoms with Crippen LogP contribution < -0.4 is 5.32 Å². The van der Waals surface area contributed by atoms with Gasteiger partial charge < -0.3 is 5.32 Å². The lowest BCUT2D eigenvalue weighted by Crippen LogP contribution is -2.07. The van der Waals surface area contributed by atoms with Crippen molar-refractivity contribution in [3.63, 3.8) is 0 Å². The topological polar surface area (TPSA) is 12.0 Å². The van der Waals surface area contributed by atoms with E-state index in [1.807, 2.05) is 44.2 Å². The molecule has 1 nitrogen and oxygen atoms in total. The van der Waals surface area contributed by atoms with Crippen LogP contribution in [-0.2, 0) is 19.0 Å². The molecule has 0 atom stereocenters. The zero-order chi connectivity index (χ0) is 20.3. The summed E-state index contributed by atoms with van der Waals surface area (Å²) in [6.45, 7) is 4.08. The molecule has 0 spiro atoms. The summed E-state index contributed by atoms with van der Waals surface area (Å²) in [7, 11) is 0. The number of halogens is 4. The molecule has 5 heteroatoms. The molecular formula is C23H21BrF3N. The average molecular weight is 448 g/mol. The molecule has 0 amide bonds. The van der Waals surface area contributed by atoms with E-state index in [0.29, 0.717) is 11.3 Å². The average Bonchev–Trinajstić information content (AvgIpc) is 2.67. The van der Waals surface area contributed by atoms with Gasteiger partial charge >= 0.3 is 6.18 Å². The fourth-order valence-electron chi connectivity index (χ4n) is 3.22. The SMILES string of the molecule is CCc1cccc(CC)c1Nc1cc(-c2ccc(Br)cc2)cc(C(F)(F)F)c1.